The predicted octanol–water partition coefficient (Wildman–Crippen LogP) is 7.17. The van der Waals surface area contributed by atoms with Gasteiger partial charge in [-0.05, 0) is 92.7 Å². The number of nitrogen functional groups attached to an aromatic ring is 1. The van der Waals surface area contributed by atoms with Gasteiger partial charge in [0.25, 0.3) is 0 Å². The highest BCUT2D eigenvalue weighted by atomic mass is 32.1. The van der Waals surface area contributed by atoms with Crippen LogP contribution >= 0.6 is 11.3 Å². The maximum Gasteiger partial charge on any atom is 0.243 e. The third kappa shape index (κ3) is 11.8. The molecule has 2 amide bonds. The summed E-state index contributed by atoms with van der Waals surface area (Å²) < 4.78 is 19.0. The summed E-state index contributed by atoms with van der Waals surface area (Å²) in [6.45, 7) is 12.2. The fourth-order valence-corrected chi connectivity index (χ4v) is 14.3. The summed E-state index contributed by atoms with van der Waals surface area (Å²) in [5.41, 5.74) is 13.8. The second-order valence-electron chi connectivity index (χ2n) is 23.8. The van der Waals surface area contributed by atoms with Crippen LogP contribution in [0.15, 0.2) is 89.0 Å². The van der Waals surface area contributed by atoms with Crippen molar-refractivity contribution in [2.75, 3.05) is 72.8 Å². The molecular formula is C61H76N12O8S. The summed E-state index contributed by atoms with van der Waals surface area (Å²) in [4.78, 5) is 49.2. The number of anilines is 4. The van der Waals surface area contributed by atoms with Crippen molar-refractivity contribution >= 4 is 46.2 Å². The van der Waals surface area contributed by atoms with Crippen LogP contribution in [0.25, 0.3) is 21.7 Å². The molecule has 5 aliphatic heterocycles. The van der Waals surface area contributed by atoms with E-state index in [0.717, 1.165) is 130 Å². The second-order valence-corrected chi connectivity index (χ2v) is 24.7. The minimum absolute atomic E-state index is 0.0644. The van der Waals surface area contributed by atoms with Crippen molar-refractivity contribution in [3.05, 3.63) is 102 Å². The number of piperazine rings is 1. The number of phenols is 1. The number of piperidine rings is 2. The summed E-state index contributed by atoms with van der Waals surface area (Å²) in [7, 11) is 0. The van der Waals surface area contributed by atoms with Crippen LogP contribution in [0.3, 0.4) is 0 Å². The van der Waals surface area contributed by atoms with Crippen LogP contribution in [-0.4, -0.2) is 157 Å². The van der Waals surface area contributed by atoms with E-state index >= 15 is 0 Å². The van der Waals surface area contributed by atoms with E-state index < -0.39 is 18.1 Å². The number of pyridine rings is 1. The Balaban J connectivity index is 0.564. The molecule has 1 saturated carbocycles. The molecule has 5 saturated heterocycles. The van der Waals surface area contributed by atoms with Gasteiger partial charge in [-0.1, -0.05) is 55.4 Å². The van der Waals surface area contributed by atoms with Gasteiger partial charge in [0.2, 0.25) is 17.7 Å². The number of ether oxygens (including phenoxy) is 2. The molecule has 21 heteroatoms. The Bertz CT molecular complexity index is 3160. The van der Waals surface area contributed by atoms with Gasteiger partial charge in [0.05, 0.1) is 58.4 Å². The maximum atomic E-state index is 14.4. The number of aliphatic hydroxyl groups is 2. The second kappa shape index (κ2) is 24.1. The van der Waals surface area contributed by atoms with Crippen molar-refractivity contribution in [1.82, 2.24) is 40.4 Å². The van der Waals surface area contributed by atoms with Gasteiger partial charge in [-0.15, -0.1) is 21.5 Å². The lowest BCUT2D eigenvalue weighted by Gasteiger charge is -2.43. The highest BCUT2D eigenvalue weighted by Crippen LogP contribution is 2.41. The number of aliphatic hydroxyl groups excluding tert-OH is 2. The lowest BCUT2D eigenvalue weighted by Crippen LogP contribution is -2.54. The molecule has 2 bridgehead atoms. The van der Waals surface area contributed by atoms with Crippen molar-refractivity contribution in [2.45, 2.75) is 140 Å². The van der Waals surface area contributed by atoms with E-state index in [0.29, 0.717) is 52.4 Å². The Labute approximate surface area is 482 Å². The van der Waals surface area contributed by atoms with Crippen LogP contribution in [-0.2, 0) is 20.9 Å². The molecule has 6 aliphatic rings. The molecular weight excluding hydrogens is 1060 g/mol. The molecule has 20 nitrogen and oxygen atoms in total. The molecule has 0 spiro atoms. The van der Waals surface area contributed by atoms with E-state index in [9.17, 15) is 24.9 Å². The smallest absolute Gasteiger partial charge is 0.243 e. The number of hydrogen-bond acceptors (Lipinski definition) is 19. The fourth-order valence-electron chi connectivity index (χ4n) is 13.4. The number of para-hydroxylation sites is 1. The van der Waals surface area contributed by atoms with E-state index in [1.54, 1.807) is 17.6 Å². The molecule has 1 unspecified atom stereocenters. The number of aromatic hydroxyl groups is 1. The largest absolute Gasteiger partial charge is 0.507 e. The van der Waals surface area contributed by atoms with Gasteiger partial charge < -0.3 is 64.9 Å². The molecule has 0 radical (unpaired) electrons. The van der Waals surface area contributed by atoms with Crippen LogP contribution in [0, 0.1) is 11.8 Å². The first kappa shape index (κ1) is 55.6. The van der Waals surface area contributed by atoms with Crippen LogP contribution < -0.4 is 30.5 Å². The predicted molar refractivity (Wildman–Crippen MR) is 312 cm³/mol. The molecule has 6 fully saturated rings. The van der Waals surface area contributed by atoms with E-state index in [1.165, 1.54) is 16.2 Å². The average Bonchev–Trinajstić information content (AvgIpc) is 4.48. The Morgan fingerprint density at radius 3 is 2.33 bits per heavy atom. The summed E-state index contributed by atoms with van der Waals surface area (Å²) >= 11 is 1.47. The highest BCUT2D eigenvalue weighted by Gasteiger charge is 2.45. The highest BCUT2D eigenvalue weighted by molar-refractivity contribution is 7.13. The minimum atomic E-state index is -0.829. The first-order valence-electron chi connectivity index (χ1n) is 29.4. The van der Waals surface area contributed by atoms with Crippen LogP contribution in [0.4, 0.5) is 23.0 Å². The molecule has 9 heterocycles. The normalized spacial score (nSPS) is 24.2. The zero-order chi connectivity index (χ0) is 56.6. The molecule has 4 aromatic heterocycles. The number of thiazole rings is 1. The van der Waals surface area contributed by atoms with E-state index in [4.69, 9.17) is 19.7 Å². The SMILES string of the molecule is CC(C)[C@@H](C(=O)N1C[C@H](O)C[C@H]1C(=O)N[C@@H](C)c1ccc(-c2scnc2CO)cc1)c1cc(N2CCC(CN3CCC(OC4CC(Oc5cc(N6C7CC[C@@H]6CN(c6cc(-c8ccccc8O)nnc6N)C7)ccn5)C4)CC3)CC2)no1. The van der Waals surface area contributed by atoms with Gasteiger partial charge in [-0.25, -0.2) is 9.97 Å². The third-order valence-corrected chi connectivity index (χ3v) is 18.9. The zero-order valence-electron chi connectivity index (χ0n) is 47.0. The first-order chi connectivity index (χ1) is 39.8. The number of likely N-dealkylation sites (tertiary alicyclic amines) is 2. The average molecular weight is 1140 g/mol. The molecule has 6 N–H and O–H groups in total. The van der Waals surface area contributed by atoms with Crippen LogP contribution in [0.2, 0.25) is 0 Å². The number of nitrogens with one attached hydrogen (secondary N) is 1. The standard InChI is InChI=1S/C61H76N12O8S/c1-36(2)57(61(78)72-33-44(75)25-52(72)60(77)65-37(3)39-8-10-40(11-9-39)58-50(34-74)64-35-82-58)54-29-55(68-81-54)70-22-15-38(16-23-70)30-69-20-17-45(18-21-69)79-46-26-47(27-46)80-56-24-41(14-19-63-56)73-42-12-13-43(73)32-71(31-42)51-28-49(66-67-59(51)62)48-6-4-5-7-53(48)76/h4-11,14,19,24,28-29,35-38,42-47,52,57,74-76H,12-13,15-18,20-23,25-27,30-34H2,1-3H3,(H2,62,67)(H,65,77)/t37-,42+,43?,44+,46?,47?,52-,57+/m0/s1. The molecule has 12 rings (SSSR count). The number of amides is 2. The number of nitrogens with zero attached hydrogens (tertiary/aromatic N) is 10. The number of benzene rings is 2. The molecule has 434 valence electrons. The van der Waals surface area contributed by atoms with Crippen LogP contribution in [0.1, 0.15) is 108 Å². The molecule has 82 heavy (non-hydrogen) atoms. The van der Waals surface area contributed by atoms with Crippen molar-refractivity contribution in [2.24, 2.45) is 11.8 Å². The van der Waals surface area contributed by atoms with E-state index in [-0.39, 0.29) is 67.4 Å². The zero-order valence-corrected chi connectivity index (χ0v) is 47.8. The molecule has 1 aliphatic carbocycles. The first-order valence-corrected chi connectivity index (χ1v) is 30.3. The van der Waals surface area contributed by atoms with Crippen molar-refractivity contribution in [3.63, 3.8) is 0 Å². The minimum Gasteiger partial charge on any atom is -0.507 e. The number of phenolic OH excluding ortho intramolecular Hbond substituents is 1. The monoisotopic (exact) mass is 1140 g/mol. The van der Waals surface area contributed by atoms with Crippen LogP contribution in [0.5, 0.6) is 11.6 Å². The number of carbonyl (C=O) groups excluding carboxylic acids is 2. The number of fused-ring (bicyclic) bond motifs is 2. The lowest BCUT2D eigenvalue weighted by molar-refractivity contribution is -0.141. The molecule has 2 aromatic carbocycles. The molecule has 6 atom stereocenters. The lowest BCUT2D eigenvalue weighted by atomic mass is 9.91. The molecule has 6 aromatic rings. The number of β-amino-alcohol motifs (C(OH)–C–C–N with tert-alkyl or cyclic N) is 1. The number of aromatic nitrogens is 5. The van der Waals surface area contributed by atoms with Gasteiger partial charge in [0.1, 0.15) is 23.8 Å². The summed E-state index contributed by atoms with van der Waals surface area (Å²) in [6.07, 6.45) is 9.73. The third-order valence-electron chi connectivity index (χ3n) is 18.0. The Morgan fingerprint density at radius 1 is 0.841 bits per heavy atom. The summed E-state index contributed by atoms with van der Waals surface area (Å²) in [5, 5.41) is 47.1. The maximum absolute atomic E-state index is 14.4. The number of carbonyl (C=O) groups is 2. The van der Waals surface area contributed by atoms with Gasteiger partial charge >= 0.3 is 0 Å². The Morgan fingerprint density at radius 2 is 1.60 bits per heavy atom. The Kier molecular flexibility index (Phi) is 16.4. The van der Waals surface area contributed by atoms with Crippen molar-refractivity contribution in [3.8, 4) is 33.3 Å². The quantitative estimate of drug-likeness (QED) is 0.0572. The van der Waals surface area contributed by atoms with Crippen molar-refractivity contribution in [1.29, 1.82) is 0 Å². The number of hydrogen-bond donors (Lipinski definition) is 5. The fraction of sp³-hybridized carbons (Fsp3) is 0.525. The number of nitrogens with two attached hydrogens (primary N) is 1. The van der Waals surface area contributed by atoms with Gasteiger partial charge in [0, 0.05) is 113 Å². The number of rotatable bonds is 18. The summed E-state index contributed by atoms with van der Waals surface area (Å²) in [5.74, 6) is 1.59. The van der Waals surface area contributed by atoms with Crippen molar-refractivity contribution < 1.29 is 38.9 Å². The van der Waals surface area contributed by atoms with Gasteiger partial charge in [-0.2, -0.15) is 0 Å². The Hall–Kier alpha value is -6.91. The van der Waals surface area contributed by atoms with E-state index in [1.807, 2.05) is 75.5 Å². The summed E-state index contributed by atoms with van der Waals surface area (Å²) in [6, 6.07) is 22.4. The van der Waals surface area contributed by atoms with Gasteiger partial charge in [-0.3, -0.25) is 9.59 Å². The van der Waals surface area contributed by atoms with Gasteiger partial charge in [0.15, 0.2) is 17.4 Å². The van der Waals surface area contributed by atoms with E-state index in [2.05, 4.69) is 62.4 Å². The topological polar surface area (TPSA) is 245 Å².